The second-order valence-corrected chi connectivity index (χ2v) is 13.9. The number of nitrogens with zero attached hydrogens (tertiary/aromatic N) is 6. The van der Waals surface area contributed by atoms with Crippen LogP contribution in [0, 0.1) is 17.5 Å². The van der Waals surface area contributed by atoms with Gasteiger partial charge in [-0.15, -0.1) is 11.3 Å². The molecule has 10 nitrogen and oxygen atoms in total. The average Bonchev–Trinajstić information content (AvgIpc) is 3.74. The molecular formula is C38H37F3N6O4S. The minimum atomic E-state index is -0.968. The molecule has 7 rings (SSSR count). The maximum Gasteiger partial charge on any atom is 0.246 e. The first-order chi connectivity index (χ1) is 25.0. The van der Waals surface area contributed by atoms with Gasteiger partial charge in [-0.25, -0.2) is 18.2 Å². The highest BCUT2D eigenvalue weighted by Gasteiger charge is 2.34. The number of hydrogen-bond acceptors (Lipinski definition) is 8. The molecule has 270 valence electrons. The minimum absolute atomic E-state index is 0.0145. The van der Waals surface area contributed by atoms with Crippen LogP contribution in [0.1, 0.15) is 31.6 Å². The summed E-state index contributed by atoms with van der Waals surface area (Å²) >= 11 is 1.11. The number of aromatic nitrogens is 3. The summed E-state index contributed by atoms with van der Waals surface area (Å²) in [5.41, 5.74) is 2.79. The number of halogens is 3. The predicted octanol–water partition coefficient (Wildman–Crippen LogP) is 6.86. The zero-order chi connectivity index (χ0) is 36.8. The third kappa shape index (κ3) is 6.24. The highest BCUT2D eigenvalue weighted by atomic mass is 32.1. The van der Waals surface area contributed by atoms with E-state index in [0.29, 0.717) is 47.0 Å². The van der Waals surface area contributed by atoms with E-state index >= 15 is 8.78 Å². The molecule has 2 atom stereocenters. The summed E-state index contributed by atoms with van der Waals surface area (Å²) in [6, 6.07) is 10.2. The standard InChI is InChI=1S/C38H37F3N6O4S/c1-6-31(48)46-18-21(2)47-29(22(46)3)17-28(43-47)37-35(33-26(40)15-24(39)16-30(33)51-14-13-50-5)34-27(41)20-52-38(34)36(42-37)23-7-9-25(10-8-23)45-12-11-44(4)19-32(45)49/h6-10,15-17,20-22H,1,11-14,18-19H2,2-5H3/t21-,22+/m0/s1. The molecule has 2 amide bonds. The lowest BCUT2D eigenvalue weighted by molar-refractivity contribution is -0.129. The molecule has 0 unspecified atom stereocenters. The Morgan fingerprint density at radius 3 is 2.52 bits per heavy atom. The van der Waals surface area contributed by atoms with Gasteiger partial charge in [-0.3, -0.25) is 19.2 Å². The number of benzene rings is 2. The maximum atomic E-state index is 16.2. The molecule has 0 spiro atoms. The number of fused-ring (bicyclic) bond motifs is 2. The fourth-order valence-electron chi connectivity index (χ4n) is 6.98. The SMILES string of the molecule is C=CC(=O)N1C[C@H](C)n2nc(-c3nc(-c4ccc(N5CCN(C)CC5=O)cc4)c4scc(F)c4c3-c3c(F)cc(F)cc3OCCOC)cc2[C@H]1C. The number of carbonyl (C=O) groups excluding carboxylic acids is 2. The second kappa shape index (κ2) is 14.2. The molecule has 2 aliphatic rings. The Bertz CT molecular complexity index is 2200. The fraction of sp³-hybridized carbons (Fsp3) is 0.316. The van der Waals surface area contributed by atoms with E-state index in [1.54, 1.807) is 20.5 Å². The fourth-order valence-corrected chi connectivity index (χ4v) is 7.91. The van der Waals surface area contributed by atoms with Crippen LogP contribution in [0.15, 0.2) is 60.5 Å². The van der Waals surface area contributed by atoms with E-state index in [9.17, 15) is 14.0 Å². The van der Waals surface area contributed by atoms with Crippen LogP contribution in [0.5, 0.6) is 5.75 Å². The van der Waals surface area contributed by atoms with E-state index in [0.717, 1.165) is 35.7 Å². The molecule has 1 saturated heterocycles. The molecule has 3 aromatic heterocycles. The van der Waals surface area contributed by atoms with Crippen molar-refractivity contribution in [2.45, 2.75) is 25.9 Å². The zero-order valence-corrected chi connectivity index (χ0v) is 30.0. The van der Waals surface area contributed by atoms with Crippen molar-refractivity contribution in [3.8, 4) is 39.5 Å². The van der Waals surface area contributed by atoms with Crippen molar-refractivity contribution in [2.24, 2.45) is 0 Å². The number of methoxy groups -OCH3 is 1. The number of amides is 2. The molecule has 0 aliphatic carbocycles. The number of carbonyl (C=O) groups is 2. The monoisotopic (exact) mass is 730 g/mol. The highest BCUT2D eigenvalue weighted by Crippen LogP contribution is 2.48. The minimum Gasteiger partial charge on any atom is -0.490 e. The average molecular weight is 731 g/mol. The second-order valence-electron chi connectivity index (χ2n) is 13.0. The lowest BCUT2D eigenvalue weighted by atomic mass is 9.94. The molecule has 2 aromatic carbocycles. The first-order valence-corrected chi connectivity index (χ1v) is 17.7. The molecule has 52 heavy (non-hydrogen) atoms. The van der Waals surface area contributed by atoms with Crippen LogP contribution in [-0.4, -0.2) is 89.9 Å². The van der Waals surface area contributed by atoms with Gasteiger partial charge < -0.3 is 19.3 Å². The van der Waals surface area contributed by atoms with Crippen molar-refractivity contribution < 1.29 is 32.2 Å². The molecule has 0 bridgehead atoms. The number of hydrogen-bond donors (Lipinski definition) is 0. The van der Waals surface area contributed by atoms with E-state index in [1.165, 1.54) is 18.6 Å². The van der Waals surface area contributed by atoms with Gasteiger partial charge in [0.15, 0.2) is 0 Å². The Labute approximate surface area is 302 Å². The molecule has 5 aromatic rings. The van der Waals surface area contributed by atoms with Crippen LogP contribution in [0.3, 0.4) is 0 Å². The van der Waals surface area contributed by atoms with Crippen LogP contribution in [0.4, 0.5) is 18.9 Å². The zero-order valence-electron chi connectivity index (χ0n) is 29.2. The number of rotatable bonds is 9. The van der Waals surface area contributed by atoms with Gasteiger partial charge >= 0.3 is 0 Å². The predicted molar refractivity (Wildman–Crippen MR) is 194 cm³/mol. The van der Waals surface area contributed by atoms with Crippen LogP contribution in [-0.2, 0) is 14.3 Å². The number of anilines is 1. The van der Waals surface area contributed by atoms with Gasteiger partial charge in [-0.05, 0) is 45.2 Å². The van der Waals surface area contributed by atoms with Crippen LogP contribution in [0.2, 0.25) is 0 Å². The van der Waals surface area contributed by atoms with Crippen molar-refractivity contribution in [1.29, 1.82) is 0 Å². The summed E-state index contributed by atoms with van der Waals surface area (Å²) in [5, 5.41) is 6.32. The van der Waals surface area contributed by atoms with Gasteiger partial charge in [0, 0.05) is 66.5 Å². The summed E-state index contributed by atoms with van der Waals surface area (Å²) in [5.74, 6) is -2.85. The molecule has 5 heterocycles. The smallest absolute Gasteiger partial charge is 0.246 e. The van der Waals surface area contributed by atoms with Crippen molar-refractivity contribution in [3.63, 3.8) is 0 Å². The van der Waals surface area contributed by atoms with Gasteiger partial charge in [0.1, 0.15) is 41.2 Å². The summed E-state index contributed by atoms with van der Waals surface area (Å²) in [7, 11) is 3.38. The Hall–Kier alpha value is -5.05. The molecule has 14 heteroatoms. The van der Waals surface area contributed by atoms with Crippen molar-refractivity contribution in [1.82, 2.24) is 24.6 Å². The highest BCUT2D eigenvalue weighted by molar-refractivity contribution is 7.17. The van der Waals surface area contributed by atoms with Gasteiger partial charge in [0.2, 0.25) is 11.8 Å². The molecule has 0 N–H and O–H groups in total. The van der Waals surface area contributed by atoms with Crippen LogP contribution in [0.25, 0.3) is 43.9 Å². The lowest BCUT2D eigenvalue weighted by Gasteiger charge is -2.36. The van der Waals surface area contributed by atoms with Gasteiger partial charge in [-0.1, -0.05) is 18.7 Å². The van der Waals surface area contributed by atoms with Crippen molar-refractivity contribution in [2.75, 3.05) is 58.5 Å². The van der Waals surface area contributed by atoms with E-state index < -0.39 is 23.5 Å². The first-order valence-electron chi connectivity index (χ1n) is 16.8. The van der Waals surface area contributed by atoms with E-state index in [-0.39, 0.29) is 59.0 Å². The third-order valence-electron chi connectivity index (χ3n) is 9.59. The summed E-state index contributed by atoms with van der Waals surface area (Å²) in [4.78, 5) is 36.1. The molecule has 0 saturated carbocycles. The molecule has 1 fully saturated rings. The Kier molecular flexibility index (Phi) is 9.63. The van der Waals surface area contributed by atoms with Gasteiger partial charge in [0.25, 0.3) is 0 Å². The van der Waals surface area contributed by atoms with E-state index in [4.69, 9.17) is 19.6 Å². The van der Waals surface area contributed by atoms with Crippen LogP contribution < -0.4 is 9.64 Å². The number of ether oxygens (including phenoxy) is 2. The summed E-state index contributed by atoms with van der Waals surface area (Å²) in [6.45, 7) is 9.52. The summed E-state index contributed by atoms with van der Waals surface area (Å²) < 4.78 is 60.4. The Morgan fingerprint density at radius 1 is 1.04 bits per heavy atom. The molecule has 2 aliphatic heterocycles. The number of pyridine rings is 1. The third-order valence-corrected chi connectivity index (χ3v) is 10.5. The molecule has 0 radical (unpaired) electrons. The van der Waals surface area contributed by atoms with Crippen molar-refractivity contribution >= 4 is 38.9 Å². The topological polar surface area (TPSA) is 93.0 Å². The van der Waals surface area contributed by atoms with E-state index in [2.05, 4.69) is 6.58 Å². The van der Waals surface area contributed by atoms with Gasteiger partial charge in [0.05, 0.1) is 46.9 Å². The van der Waals surface area contributed by atoms with E-state index in [1.807, 2.05) is 50.1 Å². The maximum absolute atomic E-state index is 16.2. The number of likely N-dealkylation sites (N-methyl/N-ethyl adjacent to an activating group) is 1. The Balaban J connectivity index is 1.46. The normalized spacial score (nSPS) is 17.9. The largest absolute Gasteiger partial charge is 0.490 e. The quantitative estimate of drug-likeness (QED) is 0.121. The van der Waals surface area contributed by atoms with Gasteiger partial charge in [-0.2, -0.15) is 5.10 Å². The molecular weight excluding hydrogens is 694 g/mol. The van der Waals surface area contributed by atoms with Crippen LogP contribution >= 0.6 is 11.3 Å². The number of piperazine rings is 1. The number of thiophene rings is 1. The Morgan fingerprint density at radius 2 is 1.81 bits per heavy atom. The van der Waals surface area contributed by atoms with Crippen molar-refractivity contribution in [3.05, 3.63) is 83.6 Å². The lowest BCUT2D eigenvalue weighted by Crippen LogP contribution is -2.48. The summed E-state index contributed by atoms with van der Waals surface area (Å²) in [6.07, 6.45) is 1.27. The first kappa shape index (κ1) is 35.4.